The number of hydrogen-bond acceptors (Lipinski definition) is 4. The molecule has 0 fully saturated rings. The number of aliphatic carboxylic acids is 1. The van der Waals surface area contributed by atoms with Crippen LogP contribution in [-0.2, 0) is 14.3 Å². The molecule has 0 spiro atoms. The van der Waals surface area contributed by atoms with Crippen molar-refractivity contribution < 1.29 is 70.8 Å². The van der Waals surface area contributed by atoms with Crippen LogP contribution in [0, 0.1) is 0 Å². The van der Waals surface area contributed by atoms with E-state index in [-0.39, 0.29) is 70.2 Å². The molecule has 0 aromatic rings. The van der Waals surface area contributed by atoms with Gasteiger partial charge in [-0.2, -0.15) is 0 Å². The third-order valence-corrected chi connectivity index (χ3v) is 1.24. The SMILES string of the molecule is COC(=O)CCCCC(=O)[O-].[K+]. The maximum Gasteiger partial charge on any atom is 1.00 e. The molecule has 0 saturated heterocycles. The van der Waals surface area contributed by atoms with Gasteiger partial charge in [-0.15, -0.1) is 0 Å². The fourth-order valence-electron chi connectivity index (χ4n) is 0.641. The van der Waals surface area contributed by atoms with E-state index in [1.165, 1.54) is 7.11 Å². The second-order valence-corrected chi connectivity index (χ2v) is 2.16. The first-order chi connectivity index (χ1) is 5.16. The largest absolute Gasteiger partial charge is 1.00 e. The zero-order chi connectivity index (χ0) is 8.69. The number of carbonyl (C=O) groups is 2. The molecule has 64 valence electrons. The van der Waals surface area contributed by atoms with Crippen LogP contribution >= 0.6 is 0 Å². The van der Waals surface area contributed by atoms with Crippen molar-refractivity contribution in [3.63, 3.8) is 0 Å². The molecule has 0 bridgehead atoms. The Bertz CT molecular complexity index is 146. The predicted octanol–water partition coefficient (Wildman–Crippen LogP) is -3.53. The van der Waals surface area contributed by atoms with E-state index in [4.69, 9.17) is 0 Å². The molecule has 0 heterocycles. The Morgan fingerprint density at radius 2 is 1.75 bits per heavy atom. The van der Waals surface area contributed by atoms with E-state index < -0.39 is 5.97 Å². The molecule has 0 unspecified atom stereocenters. The molecule has 0 aliphatic heterocycles. The fourth-order valence-corrected chi connectivity index (χ4v) is 0.641. The van der Waals surface area contributed by atoms with Crippen LogP contribution in [0.3, 0.4) is 0 Å². The molecule has 5 heteroatoms. The number of esters is 1. The number of rotatable bonds is 5. The van der Waals surface area contributed by atoms with Crippen molar-refractivity contribution in [3.05, 3.63) is 0 Å². The van der Waals surface area contributed by atoms with E-state index in [1.807, 2.05) is 0 Å². The number of carboxylic acids is 1. The molecular formula is C7H11KO4. The Morgan fingerprint density at radius 3 is 2.17 bits per heavy atom. The number of carbonyl (C=O) groups excluding carboxylic acids is 2. The van der Waals surface area contributed by atoms with Gasteiger partial charge in [0.2, 0.25) is 0 Å². The van der Waals surface area contributed by atoms with Crippen LogP contribution < -0.4 is 56.5 Å². The minimum absolute atomic E-state index is 0. The van der Waals surface area contributed by atoms with Gasteiger partial charge in [0.25, 0.3) is 0 Å². The smallest absolute Gasteiger partial charge is 0.550 e. The maximum absolute atomic E-state index is 10.5. The second-order valence-electron chi connectivity index (χ2n) is 2.16. The van der Waals surface area contributed by atoms with Gasteiger partial charge in [0.15, 0.2) is 0 Å². The topological polar surface area (TPSA) is 66.4 Å². The molecule has 12 heavy (non-hydrogen) atoms. The molecular weight excluding hydrogens is 187 g/mol. The van der Waals surface area contributed by atoms with Gasteiger partial charge in [-0.25, -0.2) is 0 Å². The third-order valence-electron chi connectivity index (χ3n) is 1.24. The average Bonchev–Trinajstić information content (AvgIpc) is 1.97. The molecule has 0 radical (unpaired) electrons. The van der Waals surface area contributed by atoms with E-state index in [0.717, 1.165) is 0 Å². The van der Waals surface area contributed by atoms with Crippen molar-refractivity contribution >= 4 is 11.9 Å². The van der Waals surface area contributed by atoms with Crippen LogP contribution in [0.5, 0.6) is 0 Å². The van der Waals surface area contributed by atoms with E-state index in [2.05, 4.69) is 4.74 Å². The molecule has 4 nitrogen and oxygen atoms in total. The maximum atomic E-state index is 10.5. The van der Waals surface area contributed by atoms with Gasteiger partial charge in [0, 0.05) is 12.4 Å². The Kier molecular flexibility index (Phi) is 12.1. The van der Waals surface area contributed by atoms with Gasteiger partial charge in [0.1, 0.15) is 0 Å². The Balaban J connectivity index is 0. The number of methoxy groups -OCH3 is 1. The monoisotopic (exact) mass is 198 g/mol. The normalized spacial score (nSPS) is 8.42. The summed E-state index contributed by atoms with van der Waals surface area (Å²) in [7, 11) is 1.31. The van der Waals surface area contributed by atoms with Crippen LogP contribution in [0.1, 0.15) is 25.7 Å². The van der Waals surface area contributed by atoms with Crippen molar-refractivity contribution in [2.24, 2.45) is 0 Å². The summed E-state index contributed by atoms with van der Waals surface area (Å²) >= 11 is 0. The van der Waals surface area contributed by atoms with Gasteiger partial charge < -0.3 is 14.6 Å². The number of ether oxygens (including phenoxy) is 1. The average molecular weight is 198 g/mol. The summed E-state index contributed by atoms with van der Waals surface area (Å²) in [6.07, 6.45) is 1.30. The molecule has 0 aliphatic carbocycles. The van der Waals surface area contributed by atoms with E-state index in [9.17, 15) is 14.7 Å². The van der Waals surface area contributed by atoms with E-state index in [0.29, 0.717) is 12.8 Å². The first kappa shape index (κ1) is 15.1. The molecule has 0 rings (SSSR count). The molecule has 0 aliphatic rings. The zero-order valence-corrected chi connectivity index (χ0v) is 10.6. The van der Waals surface area contributed by atoms with Crippen LogP contribution in [0.4, 0.5) is 0 Å². The van der Waals surface area contributed by atoms with Crippen LogP contribution in [0.2, 0.25) is 0 Å². The Labute approximate surface area is 114 Å². The van der Waals surface area contributed by atoms with E-state index in [1.54, 1.807) is 0 Å². The quantitative estimate of drug-likeness (QED) is 0.261. The summed E-state index contributed by atoms with van der Waals surface area (Å²) in [4.78, 5) is 20.4. The number of carboxylic acid groups (broad SMARTS) is 1. The van der Waals surface area contributed by atoms with Crippen molar-refractivity contribution in [2.45, 2.75) is 25.7 Å². The molecule has 0 aromatic heterocycles. The Hall–Kier alpha value is 0.576. The van der Waals surface area contributed by atoms with Crippen molar-refractivity contribution in [1.82, 2.24) is 0 Å². The first-order valence-corrected chi connectivity index (χ1v) is 3.43. The first-order valence-electron chi connectivity index (χ1n) is 3.43. The van der Waals surface area contributed by atoms with Crippen molar-refractivity contribution in [3.8, 4) is 0 Å². The number of unbranched alkanes of at least 4 members (excludes halogenated alkanes) is 1. The number of hydrogen-bond donors (Lipinski definition) is 0. The summed E-state index contributed by atoms with van der Waals surface area (Å²) in [6, 6.07) is 0. The molecule has 0 saturated carbocycles. The molecule has 0 amide bonds. The third kappa shape index (κ3) is 10.6. The van der Waals surface area contributed by atoms with Crippen molar-refractivity contribution in [1.29, 1.82) is 0 Å². The predicted molar refractivity (Wildman–Crippen MR) is 35.5 cm³/mol. The molecule has 0 aromatic carbocycles. The van der Waals surface area contributed by atoms with Crippen LogP contribution in [-0.4, -0.2) is 19.0 Å². The van der Waals surface area contributed by atoms with Gasteiger partial charge >= 0.3 is 57.4 Å². The van der Waals surface area contributed by atoms with Gasteiger partial charge in [0.05, 0.1) is 7.11 Å². The summed E-state index contributed by atoms with van der Waals surface area (Å²) < 4.78 is 4.36. The summed E-state index contributed by atoms with van der Waals surface area (Å²) in [5, 5.41) is 9.89. The van der Waals surface area contributed by atoms with Crippen molar-refractivity contribution in [2.75, 3.05) is 7.11 Å². The van der Waals surface area contributed by atoms with E-state index >= 15 is 0 Å². The molecule has 0 atom stereocenters. The zero-order valence-electron chi connectivity index (χ0n) is 7.46. The van der Waals surface area contributed by atoms with Gasteiger partial charge in [-0.05, 0) is 19.3 Å². The van der Waals surface area contributed by atoms with Gasteiger partial charge in [-0.1, -0.05) is 0 Å². The second kappa shape index (κ2) is 9.66. The fraction of sp³-hybridized carbons (Fsp3) is 0.714. The summed E-state index contributed by atoms with van der Waals surface area (Å²) in [6.45, 7) is 0. The molecule has 0 N–H and O–H groups in total. The van der Waals surface area contributed by atoms with Crippen LogP contribution in [0.15, 0.2) is 0 Å². The van der Waals surface area contributed by atoms with Gasteiger partial charge in [-0.3, -0.25) is 4.79 Å². The minimum atomic E-state index is -1.07. The summed E-state index contributed by atoms with van der Waals surface area (Å²) in [5.41, 5.74) is 0. The Morgan fingerprint density at radius 1 is 1.25 bits per heavy atom. The standard InChI is InChI=1S/C7H12O4.K/c1-11-7(10)5-3-2-4-6(8)9;/h2-5H2,1H3,(H,8,9);/q;+1/p-1. The minimum Gasteiger partial charge on any atom is -0.550 e. The summed E-state index contributed by atoms with van der Waals surface area (Å²) in [5.74, 6) is -1.38. The van der Waals surface area contributed by atoms with Crippen LogP contribution in [0.25, 0.3) is 0 Å².